The molecule has 202 valence electrons. The lowest BCUT2D eigenvalue weighted by Crippen LogP contribution is -2.48. The van der Waals surface area contributed by atoms with Gasteiger partial charge in [0.2, 0.25) is 17.7 Å². The fourth-order valence-corrected chi connectivity index (χ4v) is 4.27. The third-order valence-corrected chi connectivity index (χ3v) is 6.45. The summed E-state index contributed by atoms with van der Waals surface area (Å²) in [4.78, 5) is 72.2. The molecule has 3 amide bonds. The molecule has 3 rings (SSSR count). The summed E-state index contributed by atoms with van der Waals surface area (Å²) >= 11 is 0. The summed E-state index contributed by atoms with van der Waals surface area (Å²) in [6.07, 6.45) is 2.43. The number of hydrogen-bond acceptors (Lipinski definition) is 7. The van der Waals surface area contributed by atoms with E-state index in [0.717, 1.165) is 4.57 Å². The highest BCUT2D eigenvalue weighted by atomic mass is 16.2. The molecule has 0 spiro atoms. The van der Waals surface area contributed by atoms with Gasteiger partial charge < -0.3 is 15.1 Å². The van der Waals surface area contributed by atoms with Crippen LogP contribution in [0.5, 0.6) is 0 Å². The van der Waals surface area contributed by atoms with Crippen LogP contribution in [0.25, 0.3) is 0 Å². The number of aromatic nitrogens is 5. The van der Waals surface area contributed by atoms with Crippen molar-refractivity contribution in [3.63, 3.8) is 0 Å². The summed E-state index contributed by atoms with van der Waals surface area (Å²) in [6.45, 7) is 8.13. The number of aryl methyl sites for hydroxylation is 1. The van der Waals surface area contributed by atoms with E-state index in [2.05, 4.69) is 20.4 Å². The van der Waals surface area contributed by atoms with Crippen molar-refractivity contribution in [1.82, 2.24) is 39.4 Å². The molecule has 0 saturated carbocycles. The lowest BCUT2D eigenvalue weighted by molar-refractivity contribution is -0.139. The van der Waals surface area contributed by atoms with Crippen LogP contribution in [-0.2, 0) is 27.5 Å². The maximum atomic E-state index is 13.2. The molecule has 0 bridgehead atoms. The monoisotopic (exact) mass is 516 g/mol. The first kappa shape index (κ1) is 27.8. The molecule has 2 aromatic rings. The highest BCUT2D eigenvalue weighted by Gasteiger charge is 2.29. The van der Waals surface area contributed by atoms with Crippen LogP contribution in [0.1, 0.15) is 57.7 Å². The van der Waals surface area contributed by atoms with Crippen molar-refractivity contribution in [2.24, 2.45) is 5.92 Å². The van der Waals surface area contributed by atoms with E-state index in [0.29, 0.717) is 31.0 Å². The molecule has 3 heterocycles. The van der Waals surface area contributed by atoms with Crippen LogP contribution in [0.4, 0.5) is 0 Å². The number of carbonyl (C=O) groups excluding carboxylic acids is 3. The Bertz CT molecular complexity index is 1250. The standard InChI is InChI=1S/C24H36N8O5/c1-15(2)13-18-22-25-17(4)28-32(22)12-11-30(21(35)14-31-10-8-19(33)27-24(31)37)9-6-7-20(34)29(5)16(3)23(36)26-18/h8,10,15-16,18H,6-7,9,11-14H2,1-5H3,(H,26,36)(H,27,33,37)/t16-,18+/m0/s1. The van der Waals surface area contributed by atoms with Gasteiger partial charge in [-0.25, -0.2) is 14.5 Å². The third-order valence-electron chi connectivity index (χ3n) is 6.45. The number of hydrogen-bond donors (Lipinski definition) is 2. The highest BCUT2D eigenvalue weighted by Crippen LogP contribution is 2.21. The predicted molar refractivity (Wildman–Crippen MR) is 134 cm³/mol. The SMILES string of the molecule is Cc1nc2n(n1)CCN(C(=O)Cn1ccc(=O)[nH]c1=O)CCCC(=O)N(C)[C@@H](C)C(=O)N[C@@H]2CC(C)C. The molecule has 1 aliphatic heterocycles. The molecule has 0 aromatic carbocycles. The van der Waals surface area contributed by atoms with Gasteiger partial charge in [-0.3, -0.25) is 28.7 Å². The van der Waals surface area contributed by atoms with Crippen LogP contribution in [0.2, 0.25) is 0 Å². The molecular weight excluding hydrogens is 480 g/mol. The number of rotatable bonds is 4. The molecule has 0 aliphatic carbocycles. The molecular formula is C24H36N8O5. The van der Waals surface area contributed by atoms with E-state index < -0.39 is 23.3 Å². The zero-order valence-corrected chi connectivity index (χ0v) is 22.1. The number of H-pyrrole nitrogens is 1. The van der Waals surface area contributed by atoms with E-state index in [4.69, 9.17) is 0 Å². The fourth-order valence-electron chi connectivity index (χ4n) is 4.27. The Balaban J connectivity index is 1.92. The third kappa shape index (κ3) is 7.14. The summed E-state index contributed by atoms with van der Waals surface area (Å²) < 4.78 is 2.84. The molecule has 1 aliphatic rings. The second kappa shape index (κ2) is 12.0. The molecule has 0 saturated heterocycles. The quantitative estimate of drug-likeness (QED) is 0.571. The summed E-state index contributed by atoms with van der Waals surface area (Å²) in [5.74, 6) is 0.568. The lowest BCUT2D eigenvalue weighted by atomic mass is 10.0. The van der Waals surface area contributed by atoms with E-state index in [1.165, 1.54) is 17.2 Å². The van der Waals surface area contributed by atoms with Gasteiger partial charge in [0.15, 0.2) is 0 Å². The number of likely N-dealkylation sites (N-methyl/N-ethyl adjacent to an activating group) is 1. The smallest absolute Gasteiger partial charge is 0.328 e. The van der Waals surface area contributed by atoms with Crippen LogP contribution in [0.15, 0.2) is 21.9 Å². The van der Waals surface area contributed by atoms with Crippen molar-refractivity contribution in [3.8, 4) is 0 Å². The molecule has 2 atom stereocenters. The van der Waals surface area contributed by atoms with Crippen molar-refractivity contribution in [2.75, 3.05) is 20.1 Å². The number of nitrogens with zero attached hydrogens (tertiary/aromatic N) is 6. The Morgan fingerprint density at radius 3 is 2.57 bits per heavy atom. The van der Waals surface area contributed by atoms with Gasteiger partial charge in [0, 0.05) is 38.8 Å². The number of nitrogens with one attached hydrogen (secondary N) is 2. The average molecular weight is 517 g/mol. The van der Waals surface area contributed by atoms with E-state index in [1.54, 1.807) is 30.5 Å². The lowest BCUT2D eigenvalue weighted by Gasteiger charge is -2.29. The Morgan fingerprint density at radius 2 is 1.89 bits per heavy atom. The van der Waals surface area contributed by atoms with Gasteiger partial charge >= 0.3 is 5.69 Å². The van der Waals surface area contributed by atoms with Crippen LogP contribution in [0, 0.1) is 12.8 Å². The first-order valence-corrected chi connectivity index (χ1v) is 12.5. The van der Waals surface area contributed by atoms with Gasteiger partial charge in [-0.05, 0) is 32.6 Å². The molecule has 2 N–H and O–H groups in total. The summed E-state index contributed by atoms with van der Waals surface area (Å²) in [5, 5.41) is 7.55. The van der Waals surface area contributed by atoms with Gasteiger partial charge in [-0.15, -0.1) is 0 Å². The second-order valence-electron chi connectivity index (χ2n) is 9.83. The van der Waals surface area contributed by atoms with E-state index in [1.807, 2.05) is 13.8 Å². The molecule has 0 unspecified atom stereocenters. The van der Waals surface area contributed by atoms with Crippen molar-refractivity contribution >= 4 is 17.7 Å². The number of aromatic amines is 1. The maximum Gasteiger partial charge on any atom is 0.328 e. The fraction of sp³-hybridized carbons (Fsp3) is 0.625. The van der Waals surface area contributed by atoms with E-state index in [9.17, 15) is 24.0 Å². The minimum Gasteiger partial charge on any atom is -0.344 e. The van der Waals surface area contributed by atoms with E-state index in [-0.39, 0.29) is 49.7 Å². The van der Waals surface area contributed by atoms with Crippen molar-refractivity contribution in [3.05, 3.63) is 44.8 Å². The van der Waals surface area contributed by atoms with Crippen LogP contribution in [-0.4, -0.2) is 78.0 Å². The molecule has 2 aromatic heterocycles. The van der Waals surface area contributed by atoms with Gasteiger partial charge in [0.25, 0.3) is 5.56 Å². The topological polar surface area (TPSA) is 155 Å². The number of carbonyl (C=O) groups is 3. The highest BCUT2D eigenvalue weighted by molar-refractivity contribution is 5.87. The summed E-state index contributed by atoms with van der Waals surface area (Å²) in [6, 6.07) is 0.0692. The Hall–Kier alpha value is -3.77. The Morgan fingerprint density at radius 1 is 1.16 bits per heavy atom. The zero-order valence-electron chi connectivity index (χ0n) is 22.1. The normalized spacial score (nSPS) is 19.9. The second-order valence-corrected chi connectivity index (χ2v) is 9.83. The first-order valence-electron chi connectivity index (χ1n) is 12.5. The van der Waals surface area contributed by atoms with Gasteiger partial charge in [0.1, 0.15) is 24.2 Å². The Labute approximate surface area is 214 Å². The minimum absolute atomic E-state index is 0.152. The summed E-state index contributed by atoms with van der Waals surface area (Å²) in [5.41, 5.74) is -1.21. The van der Waals surface area contributed by atoms with Crippen molar-refractivity contribution < 1.29 is 14.4 Å². The molecule has 37 heavy (non-hydrogen) atoms. The molecule has 13 nitrogen and oxygen atoms in total. The first-order chi connectivity index (χ1) is 17.5. The van der Waals surface area contributed by atoms with Gasteiger partial charge in [-0.2, -0.15) is 5.10 Å². The largest absolute Gasteiger partial charge is 0.344 e. The van der Waals surface area contributed by atoms with Crippen molar-refractivity contribution in [2.45, 2.75) is 72.1 Å². The number of amides is 3. The predicted octanol–water partition coefficient (Wildman–Crippen LogP) is -0.191. The van der Waals surface area contributed by atoms with Crippen LogP contribution >= 0.6 is 0 Å². The van der Waals surface area contributed by atoms with Gasteiger partial charge in [-0.1, -0.05) is 13.8 Å². The maximum absolute atomic E-state index is 13.2. The minimum atomic E-state index is -0.688. The molecule has 0 fully saturated rings. The van der Waals surface area contributed by atoms with Crippen LogP contribution < -0.4 is 16.6 Å². The van der Waals surface area contributed by atoms with Gasteiger partial charge in [0.05, 0.1) is 12.6 Å². The summed E-state index contributed by atoms with van der Waals surface area (Å²) in [7, 11) is 1.59. The molecule has 0 radical (unpaired) electrons. The Kier molecular flexibility index (Phi) is 9.00. The van der Waals surface area contributed by atoms with Crippen LogP contribution in [0.3, 0.4) is 0 Å². The average Bonchev–Trinajstić information content (AvgIpc) is 3.20. The zero-order chi connectivity index (χ0) is 27.3. The van der Waals surface area contributed by atoms with E-state index >= 15 is 0 Å². The molecule has 13 heteroatoms. The number of fused-ring (bicyclic) bond motifs is 1. The van der Waals surface area contributed by atoms with Crippen molar-refractivity contribution in [1.29, 1.82) is 0 Å².